The van der Waals surface area contributed by atoms with Gasteiger partial charge in [0.2, 0.25) is 0 Å². The lowest BCUT2D eigenvalue weighted by Crippen LogP contribution is -2.17. The number of benzene rings is 3. The van der Waals surface area contributed by atoms with Crippen LogP contribution in [0.1, 0.15) is 0 Å². The monoisotopic (exact) mass is 541 g/mol. The van der Waals surface area contributed by atoms with E-state index in [0.29, 0.717) is 17.0 Å². The van der Waals surface area contributed by atoms with Gasteiger partial charge >= 0.3 is 6.09 Å². The maximum Gasteiger partial charge on any atom is 0.411 e. The predicted octanol–water partition coefficient (Wildman–Crippen LogP) is 4.55. The van der Waals surface area contributed by atoms with Gasteiger partial charge in [0, 0.05) is 29.8 Å². The third-order valence-corrected chi connectivity index (χ3v) is 7.06. The lowest BCUT2D eigenvalue weighted by molar-refractivity contribution is 0.0943. The highest BCUT2D eigenvalue weighted by molar-refractivity contribution is 7.92. The van der Waals surface area contributed by atoms with Crippen LogP contribution >= 0.6 is 0 Å². The number of carbonyl (C=O) groups excluding carboxylic acids is 1. The fourth-order valence-corrected chi connectivity index (χ4v) is 4.87. The number of amides is 1. The van der Waals surface area contributed by atoms with E-state index in [1.54, 1.807) is 10.6 Å². The Morgan fingerprint density at radius 1 is 1.03 bits per heavy atom. The van der Waals surface area contributed by atoms with Gasteiger partial charge in [-0.05, 0) is 41.1 Å². The standard InChI is InChI=1S/C28H23N5O5S/c1-2-15-37-16-17-38-28(34)30-23-9-11-24(12-10-23)39(35,36)32-26-27-31-25(19-33(27)14-13-29-26)22-8-7-20-5-3-4-6-21(20)18-22/h1,3-14,18-19H,15-17H2,(H,29,32)(H,30,34). The zero-order valence-corrected chi connectivity index (χ0v) is 21.4. The molecule has 0 aliphatic carbocycles. The van der Waals surface area contributed by atoms with E-state index in [4.69, 9.17) is 15.9 Å². The lowest BCUT2D eigenvalue weighted by atomic mass is 10.1. The van der Waals surface area contributed by atoms with Crippen LogP contribution in [-0.2, 0) is 19.5 Å². The van der Waals surface area contributed by atoms with Crippen LogP contribution in [0.5, 0.6) is 0 Å². The molecule has 11 heteroatoms. The molecule has 196 valence electrons. The molecule has 2 aromatic heterocycles. The SMILES string of the molecule is C#CCOCCOC(=O)Nc1ccc(S(=O)(=O)Nc2nccn3cc(-c4ccc5ccccc5c4)nc23)cc1. The van der Waals surface area contributed by atoms with Crippen molar-refractivity contribution in [1.29, 1.82) is 0 Å². The van der Waals surface area contributed by atoms with Crippen LogP contribution in [0.25, 0.3) is 27.7 Å². The number of fused-ring (bicyclic) bond motifs is 2. The van der Waals surface area contributed by atoms with Crippen molar-refractivity contribution >= 4 is 44.0 Å². The van der Waals surface area contributed by atoms with E-state index in [1.165, 1.54) is 30.5 Å². The zero-order valence-electron chi connectivity index (χ0n) is 20.6. The molecule has 5 aromatic rings. The van der Waals surface area contributed by atoms with Crippen molar-refractivity contribution in [3.8, 4) is 23.6 Å². The minimum absolute atomic E-state index is 0.0192. The van der Waals surface area contributed by atoms with Gasteiger partial charge in [-0.3, -0.25) is 10.0 Å². The largest absolute Gasteiger partial charge is 0.447 e. The Kier molecular flexibility index (Phi) is 7.40. The second-order valence-corrected chi connectivity index (χ2v) is 10.0. The predicted molar refractivity (Wildman–Crippen MR) is 148 cm³/mol. The van der Waals surface area contributed by atoms with E-state index in [0.717, 1.165) is 16.3 Å². The van der Waals surface area contributed by atoms with Crippen molar-refractivity contribution in [3.05, 3.63) is 85.3 Å². The van der Waals surface area contributed by atoms with Gasteiger partial charge in [0.05, 0.1) is 17.2 Å². The third kappa shape index (κ3) is 5.98. The van der Waals surface area contributed by atoms with Crippen LogP contribution in [0.3, 0.4) is 0 Å². The van der Waals surface area contributed by atoms with Gasteiger partial charge in [0.1, 0.15) is 13.2 Å². The molecule has 0 unspecified atom stereocenters. The maximum absolute atomic E-state index is 13.1. The molecule has 0 fully saturated rings. The van der Waals surface area contributed by atoms with Crippen LogP contribution in [0, 0.1) is 12.3 Å². The summed E-state index contributed by atoms with van der Waals surface area (Å²) >= 11 is 0. The highest BCUT2D eigenvalue weighted by atomic mass is 32.2. The van der Waals surface area contributed by atoms with Crippen molar-refractivity contribution in [2.24, 2.45) is 0 Å². The number of terminal acetylenes is 1. The van der Waals surface area contributed by atoms with Crippen LogP contribution < -0.4 is 10.0 Å². The molecule has 2 N–H and O–H groups in total. The number of nitrogens with zero attached hydrogens (tertiary/aromatic N) is 3. The first-order valence-corrected chi connectivity index (χ1v) is 13.3. The summed E-state index contributed by atoms with van der Waals surface area (Å²) in [7, 11) is -4.00. The number of hydrogen-bond acceptors (Lipinski definition) is 7. The summed E-state index contributed by atoms with van der Waals surface area (Å²) < 4.78 is 40.4. The minimum atomic E-state index is -4.00. The topological polar surface area (TPSA) is 124 Å². The second kappa shape index (κ2) is 11.2. The Bertz CT molecular complexity index is 1790. The van der Waals surface area contributed by atoms with E-state index < -0.39 is 16.1 Å². The summed E-state index contributed by atoms with van der Waals surface area (Å²) in [6.45, 7) is 0.325. The number of imidazole rings is 1. The summed E-state index contributed by atoms with van der Waals surface area (Å²) in [4.78, 5) is 20.7. The van der Waals surface area contributed by atoms with Gasteiger partial charge < -0.3 is 13.9 Å². The molecule has 0 radical (unpaired) electrons. The molecule has 39 heavy (non-hydrogen) atoms. The third-order valence-electron chi connectivity index (χ3n) is 5.71. The molecule has 0 saturated carbocycles. The Labute approximate surface area is 224 Å². The zero-order chi connectivity index (χ0) is 27.2. The summed E-state index contributed by atoms with van der Waals surface area (Å²) in [5, 5.41) is 4.71. The summed E-state index contributed by atoms with van der Waals surface area (Å²) in [5.74, 6) is 2.39. The van der Waals surface area contributed by atoms with Crippen LogP contribution in [-0.4, -0.2) is 48.7 Å². The van der Waals surface area contributed by atoms with Crippen molar-refractivity contribution in [1.82, 2.24) is 14.4 Å². The molecule has 1 amide bonds. The number of carbonyl (C=O) groups is 1. The Morgan fingerprint density at radius 3 is 2.62 bits per heavy atom. The summed E-state index contributed by atoms with van der Waals surface area (Å²) in [5.41, 5.74) is 2.29. The number of hydrogen-bond donors (Lipinski definition) is 2. The minimum Gasteiger partial charge on any atom is -0.447 e. The molecular formula is C28H23N5O5S. The molecule has 3 aromatic carbocycles. The van der Waals surface area contributed by atoms with Crippen molar-refractivity contribution in [3.63, 3.8) is 0 Å². The Hall–Kier alpha value is -4.92. The number of ether oxygens (including phenoxy) is 2. The normalized spacial score (nSPS) is 11.3. The smallest absolute Gasteiger partial charge is 0.411 e. The van der Waals surface area contributed by atoms with Crippen LogP contribution in [0.2, 0.25) is 0 Å². The van der Waals surface area contributed by atoms with Gasteiger partial charge in [-0.25, -0.2) is 23.2 Å². The van der Waals surface area contributed by atoms with Gasteiger partial charge in [-0.2, -0.15) is 0 Å². The Morgan fingerprint density at radius 2 is 1.82 bits per heavy atom. The number of aromatic nitrogens is 3. The molecule has 0 bridgehead atoms. The molecular weight excluding hydrogens is 518 g/mol. The fourth-order valence-electron chi connectivity index (χ4n) is 3.86. The average molecular weight is 542 g/mol. The Balaban J connectivity index is 1.30. The maximum atomic E-state index is 13.1. The molecule has 0 saturated heterocycles. The lowest BCUT2D eigenvalue weighted by Gasteiger charge is -2.10. The molecule has 0 aliphatic heterocycles. The highest BCUT2D eigenvalue weighted by Crippen LogP contribution is 2.26. The molecule has 0 spiro atoms. The van der Waals surface area contributed by atoms with Crippen molar-refractivity contribution in [2.75, 3.05) is 29.9 Å². The van der Waals surface area contributed by atoms with Crippen molar-refractivity contribution in [2.45, 2.75) is 4.90 Å². The van der Waals surface area contributed by atoms with E-state index in [9.17, 15) is 13.2 Å². The number of nitrogens with one attached hydrogen (secondary N) is 2. The van der Waals surface area contributed by atoms with Crippen molar-refractivity contribution < 1.29 is 22.7 Å². The first-order chi connectivity index (χ1) is 18.9. The van der Waals surface area contributed by atoms with Crippen LogP contribution in [0.4, 0.5) is 16.3 Å². The second-order valence-electron chi connectivity index (χ2n) is 8.34. The fraction of sp³-hybridized carbons (Fsp3) is 0.107. The average Bonchev–Trinajstić information content (AvgIpc) is 3.38. The molecule has 10 nitrogen and oxygen atoms in total. The van der Waals surface area contributed by atoms with Gasteiger partial charge in [-0.15, -0.1) is 6.42 Å². The van der Waals surface area contributed by atoms with E-state index in [2.05, 4.69) is 25.9 Å². The quantitative estimate of drug-likeness (QED) is 0.207. The van der Waals surface area contributed by atoms with Gasteiger partial charge in [-0.1, -0.05) is 42.3 Å². The van der Waals surface area contributed by atoms with E-state index >= 15 is 0 Å². The van der Waals surface area contributed by atoms with Gasteiger partial charge in [0.25, 0.3) is 10.0 Å². The number of rotatable bonds is 9. The van der Waals surface area contributed by atoms with E-state index in [-0.39, 0.29) is 30.5 Å². The highest BCUT2D eigenvalue weighted by Gasteiger charge is 2.19. The number of sulfonamides is 1. The van der Waals surface area contributed by atoms with Gasteiger partial charge in [0.15, 0.2) is 11.5 Å². The first-order valence-electron chi connectivity index (χ1n) is 11.8. The molecule has 0 aliphatic rings. The number of anilines is 2. The molecule has 0 atom stereocenters. The van der Waals surface area contributed by atoms with Crippen LogP contribution in [0.15, 0.2) is 90.2 Å². The van der Waals surface area contributed by atoms with E-state index in [1.807, 2.05) is 48.7 Å². The summed E-state index contributed by atoms with van der Waals surface area (Å²) in [6, 6.07) is 19.7. The summed E-state index contributed by atoms with van der Waals surface area (Å²) in [6.07, 6.45) is 9.38. The molecule has 2 heterocycles. The molecule has 5 rings (SSSR count). The first kappa shape index (κ1) is 25.7.